The molecule has 0 aliphatic heterocycles. The van der Waals surface area contributed by atoms with Crippen molar-refractivity contribution in [2.45, 2.75) is 32.5 Å². The number of benzene rings is 2. The number of carbonyl (C=O) groups excluding carboxylic acids is 1. The van der Waals surface area contributed by atoms with Crippen molar-refractivity contribution >= 4 is 34.2 Å². The Kier molecular flexibility index (Phi) is 6.60. The van der Waals surface area contributed by atoms with Crippen molar-refractivity contribution in [3.8, 4) is 11.8 Å². The molecule has 0 radical (unpaired) electrons. The van der Waals surface area contributed by atoms with E-state index >= 15 is 0 Å². The molecule has 3 aromatic rings. The number of halogens is 1. The van der Waals surface area contributed by atoms with Crippen molar-refractivity contribution in [1.82, 2.24) is 4.98 Å². The van der Waals surface area contributed by atoms with Gasteiger partial charge in [0, 0.05) is 11.2 Å². The molecule has 3 rings (SSSR count). The molecule has 1 heterocycles. The van der Waals surface area contributed by atoms with E-state index in [9.17, 15) is 4.79 Å². The van der Waals surface area contributed by atoms with Crippen molar-refractivity contribution in [2.75, 3.05) is 5.32 Å². The molecule has 8 heteroatoms. The van der Waals surface area contributed by atoms with Crippen LogP contribution in [0.5, 0.6) is 5.75 Å². The average molecular weight is 442 g/mol. The fraction of sp³-hybridized carbons (Fsp3) is 0.227. The van der Waals surface area contributed by atoms with Crippen LogP contribution in [0.1, 0.15) is 42.9 Å². The van der Waals surface area contributed by atoms with Crippen LogP contribution in [0.25, 0.3) is 0 Å². The van der Waals surface area contributed by atoms with Crippen molar-refractivity contribution in [3.63, 3.8) is 0 Å². The number of hydrogen-bond acceptors (Lipinski definition) is 6. The van der Waals surface area contributed by atoms with Gasteiger partial charge in [0.05, 0.1) is 16.5 Å². The van der Waals surface area contributed by atoms with Gasteiger partial charge in [-0.15, -0.1) is 0 Å². The molecule has 2 aromatic carbocycles. The molecule has 0 aliphatic carbocycles. The summed E-state index contributed by atoms with van der Waals surface area (Å²) in [4.78, 5) is 17.1. The highest BCUT2D eigenvalue weighted by Crippen LogP contribution is 2.34. The molecular weight excluding hydrogens is 422 g/mol. The van der Waals surface area contributed by atoms with Gasteiger partial charge in [0.15, 0.2) is 11.2 Å². The number of nitrogens with one attached hydrogen (secondary N) is 1. The van der Waals surface area contributed by atoms with Gasteiger partial charge in [-0.05, 0) is 56.7 Å². The Morgan fingerprint density at radius 2 is 1.97 bits per heavy atom. The number of rotatable bonds is 5. The molecule has 0 bridgehead atoms. The number of hydrogen-bond donors (Lipinski definition) is 1. The lowest BCUT2D eigenvalue weighted by atomic mass is 10.1. The molecule has 0 aliphatic rings. The van der Waals surface area contributed by atoms with E-state index in [1.807, 2.05) is 12.1 Å². The lowest BCUT2D eigenvalue weighted by Gasteiger charge is -2.19. The molecule has 30 heavy (non-hydrogen) atoms. The second-order valence-electron chi connectivity index (χ2n) is 7.38. The number of carbonyl (C=O) groups is 1. The van der Waals surface area contributed by atoms with Gasteiger partial charge < -0.3 is 9.47 Å². The third-order valence-electron chi connectivity index (χ3n) is 3.78. The summed E-state index contributed by atoms with van der Waals surface area (Å²) in [5, 5.41) is 12.8. The first kappa shape index (κ1) is 21.6. The molecule has 1 amide bonds. The highest BCUT2D eigenvalue weighted by molar-refractivity contribution is 7.15. The van der Waals surface area contributed by atoms with E-state index in [1.54, 1.807) is 63.4 Å². The van der Waals surface area contributed by atoms with E-state index in [4.69, 9.17) is 26.3 Å². The third-order valence-corrected chi connectivity index (χ3v) is 4.99. The number of aromatic nitrogens is 1. The third kappa shape index (κ3) is 5.96. The number of nitrogens with zero attached hydrogens (tertiary/aromatic N) is 2. The molecule has 1 unspecified atom stereocenters. The molecular formula is C22H20ClN3O3S. The van der Waals surface area contributed by atoms with Crippen LogP contribution < -0.4 is 10.1 Å². The summed E-state index contributed by atoms with van der Waals surface area (Å²) < 4.78 is 11.5. The zero-order valence-electron chi connectivity index (χ0n) is 16.7. The number of thiazole rings is 1. The van der Waals surface area contributed by atoms with Crippen LogP contribution in [0.3, 0.4) is 0 Å². The zero-order valence-corrected chi connectivity index (χ0v) is 18.3. The first-order valence-electron chi connectivity index (χ1n) is 9.11. The lowest BCUT2D eigenvalue weighted by Crippen LogP contribution is -2.27. The Hall–Kier alpha value is -3.08. The summed E-state index contributed by atoms with van der Waals surface area (Å²) in [6.45, 7) is 5.37. The van der Waals surface area contributed by atoms with Gasteiger partial charge in [0.2, 0.25) is 0 Å². The molecule has 154 valence electrons. The molecule has 1 N–H and O–H groups in total. The number of nitriles is 1. The Labute approximate surface area is 184 Å². The van der Waals surface area contributed by atoms with Crippen molar-refractivity contribution in [3.05, 3.63) is 75.8 Å². The molecule has 1 aromatic heterocycles. The van der Waals surface area contributed by atoms with Crippen LogP contribution in [0.4, 0.5) is 9.93 Å². The minimum atomic E-state index is -0.606. The van der Waals surface area contributed by atoms with Gasteiger partial charge >= 0.3 is 6.09 Å². The maximum atomic E-state index is 12.0. The number of ether oxygens (including phenoxy) is 2. The first-order valence-corrected chi connectivity index (χ1v) is 10.3. The Balaban J connectivity index is 1.87. The number of amides is 1. The zero-order chi connectivity index (χ0) is 21.7. The summed E-state index contributed by atoms with van der Waals surface area (Å²) >= 11 is 7.31. The summed E-state index contributed by atoms with van der Waals surface area (Å²) in [6, 6.07) is 16.3. The molecule has 0 spiro atoms. The van der Waals surface area contributed by atoms with Gasteiger partial charge in [0.1, 0.15) is 11.4 Å². The maximum Gasteiger partial charge on any atom is 0.413 e. The SMILES string of the molecule is CC(C)(C)OC(=O)Nc1ncc(C(Oc2cccc(C#N)c2)c2ccc(Cl)cc2)s1. The lowest BCUT2D eigenvalue weighted by molar-refractivity contribution is 0.0636. The van der Waals surface area contributed by atoms with E-state index in [0.29, 0.717) is 21.5 Å². The van der Waals surface area contributed by atoms with Crippen LogP contribution in [-0.2, 0) is 4.74 Å². The number of anilines is 1. The minimum absolute atomic E-state index is 0.396. The van der Waals surface area contributed by atoms with E-state index in [1.165, 1.54) is 11.3 Å². The first-order chi connectivity index (χ1) is 14.2. The predicted molar refractivity (Wildman–Crippen MR) is 117 cm³/mol. The summed E-state index contributed by atoms with van der Waals surface area (Å²) in [7, 11) is 0. The quantitative estimate of drug-likeness (QED) is 0.510. The van der Waals surface area contributed by atoms with E-state index < -0.39 is 17.8 Å². The predicted octanol–water partition coefficient (Wildman–Crippen LogP) is 6.18. The highest BCUT2D eigenvalue weighted by Gasteiger charge is 2.22. The fourth-order valence-corrected chi connectivity index (χ4v) is 3.55. The Bertz CT molecular complexity index is 1070. The van der Waals surface area contributed by atoms with E-state index in [2.05, 4.69) is 16.4 Å². The van der Waals surface area contributed by atoms with Crippen LogP contribution in [-0.4, -0.2) is 16.7 Å². The minimum Gasteiger partial charge on any atom is -0.480 e. The van der Waals surface area contributed by atoms with Gasteiger partial charge in [-0.25, -0.2) is 9.78 Å². The maximum absolute atomic E-state index is 12.0. The van der Waals surface area contributed by atoms with Crippen molar-refractivity contribution < 1.29 is 14.3 Å². The summed E-state index contributed by atoms with van der Waals surface area (Å²) in [5.41, 5.74) is 0.749. The largest absolute Gasteiger partial charge is 0.480 e. The van der Waals surface area contributed by atoms with Gasteiger partial charge in [-0.1, -0.05) is 41.1 Å². The van der Waals surface area contributed by atoms with Crippen LogP contribution in [0.2, 0.25) is 5.02 Å². The van der Waals surface area contributed by atoms with Gasteiger partial charge in [-0.2, -0.15) is 5.26 Å². The normalized spacial score (nSPS) is 12.0. The van der Waals surface area contributed by atoms with E-state index in [-0.39, 0.29) is 0 Å². The van der Waals surface area contributed by atoms with Crippen molar-refractivity contribution in [2.24, 2.45) is 0 Å². The van der Waals surface area contributed by atoms with Crippen LogP contribution >= 0.6 is 22.9 Å². The Morgan fingerprint density at radius 1 is 1.23 bits per heavy atom. The van der Waals surface area contributed by atoms with Gasteiger partial charge in [-0.3, -0.25) is 5.32 Å². The molecule has 0 fully saturated rings. The van der Waals surface area contributed by atoms with E-state index in [0.717, 1.165) is 10.4 Å². The average Bonchev–Trinajstić information content (AvgIpc) is 3.13. The molecule has 0 saturated carbocycles. The fourth-order valence-electron chi connectivity index (χ4n) is 2.56. The topological polar surface area (TPSA) is 84.2 Å². The van der Waals surface area contributed by atoms with Crippen LogP contribution in [0.15, 0.2) is 54.7 Å². The summed E-state index contributed by atoms with van der Waals surface area (Å²) in [6.07, 6.45) is 0.571. The monoisotopic (exact) mass is 441 g/mol. The van der Waals surface area contributed by atoms with Gasteiger partial charge in [0.25, 0.3) is 0 Å². The summed E-state index contributed by atoms with van der Waals surface area (Å²) in [5.74, 6) is 0.545. The Morgan fingerprint density at radius 3 is 2.63 bits per heavy atom. The second kappa shape index (κ2) is 9.16. The van der Waals surface area contributed by atoms with Crippen LogP contribution in [0, 0.1) is 11.3 Å². The highest BCUT2D eigenvalue weighted by atomic mass is 35.5. The molecule has 6 nitrogen and oxygen atoms in total. The second-order valence-corrected chi connectivity index (χ2v) is 8.88. The van der Waals surface area contributed by atoms with Crippen molar-refractivity contribution in [1.29, 1.82) is 5.26 Å². The molecule has 1 atom stereocenters. The smallest absolute Gasteiger partial charge is 0.413 e. The molecule has 0 saturated heterocycles. The standard InChI is InChI=1S/C22H20ClN3O3S/c1-22(2,3)29-21(27)26-20-25-13-18(30-20)19(15-7-9-16(23)10-8-15)28-17-6-4-5-14(11-17)12-24/h4-11,13,19H,1-3H3,(H,25,26,27).